The Balaban J connectivity index is 2.24. The van der Waals surface area contributed by atoms with Gasteiger partial charge in [0.25, 0.3) is 5.91 Å². The maximum atomic E-state index is 13.5. The molecule has 86 valence electrons. The summed E-state index contributed by atoms with van der Waals surface area (Å²) in [5.41, 5.74) is 6.88. The number of amides is 1. The fraction of sp³-hybridized carbons (Fsp3) is 0.0714. The molecular formula is C14H12FNO. The van der Waals surface area contributed by atoms with Crippen LogP contribution in [-0.4, -0.2) is 5.91 Å². The summed E-state index contributed by atoms with van der Waals surface area (Å²) in [6.45, 7) is 0. The van der Waals surface area contributed by atoms with Crippen LogP contribution in [0.1, 0.15) is 21.5 Å². The Morgan fingerprint density at radius 2 is 1.76 bits per heavy atom. The van der Waals surface area contributed by atoms with Crippen LogP contribution < -0.4 is 5.73 Å². The van der Waals surface area contributed by atoms with Crippen LogP contribution in [0.2, 0.25) is 0 Å². The first-order valence-electron chi connectivity index (χ1n) is 5.29. The van der Waals surface area contributed by atoms with Crippen molar-refractivity contribution in [2.45, 2.75) is 6.42 Å². The van der Waals surface area contributed by atoms with E-state index in [1.54, 1.807) is 6.07 Å². The standard InChI is InChI=1S/C14H12FNO/c15-13-9-11(6-7-12(13)14(16)17)8-10-4-2-1-3-5-10/h1-7,9H,8H2,(H2,16,17). The van der Waals surface area contributed by atoms with E-state index >= 15 is 0 Å². The molecule has 2 nitrogen and oxygen atoms in total. The Labute approximate surface area is 98.9 Å². The third-order valence-electron chi connectivity index (χ3n) is 2.55. The highest BCUT2D eigenvalue weighted by Gasteiger charge is 2.08. The number of carbonyl (C=O) groups is 1. The van der Waals surface area contributed by atoms with Gasteiger partial charge < -0.3 is 5.73 Å². The molecule has 3 heteroatoms. The number of hydrogen-bond donors (Lipinski definition) is 1. The van der Waals surface area contributed by atoms with Crippen LogP contribution in [-0.2, 0) is 6.42 Å². The molecule has 0 unspecified atom stereocenters. The Hall–Kier alpha value is -2.16. The molecule has 0 heterocycles. The summed E-state index contributed by atoms with van der Waals surface area (Å²) in [4.78, 5) is 10.9. The second-order valence-corrected chi connectivity index (χ2v) is 3.84. The Kier molecular flexibility index (Phi) is 3.19. The molecule has 0 bridgehead atoms. The van der Waals surface area contributed by atoms with Crippen molar-refractivity contribution in [3.05, 3.63) is 71.0 Å². The molecule has 0 aliphatic rings. The van der Waals surface area contributed by atoms with Gasteiger partial charge in [-0.2, -0.15) is 0 Å². The molecule has 0 aliphatic heterocycles. The van der Waals surface area contributed by atoms with Crippen LogP contribution in [0.15, 0.2) is 48.5 Å². The molecule has 0 saturated carbocycles. The number of hydrogen-bond acceptors (Lipinski definition) is 1. The van der Waals surface area contributed by atoms with Crippen molar-refractivity contribution in [1.29, 1.82) is 0 Å². The number of benzene rings is 2. The first-order chi connectivity index (χ1) is 8.16. The fourth-order valence-corrected chi connectivity index (χ4v) is 1.70. The molecule has 0 aromatic heterocycles. The molecule has 0 aliphatic carbocycles. The third-order valence-corrected chi connectivity index (χ3v) is 2.55. The van der Waals surface area contributed by atoms with Crippen molar-refractivity contribution in [2.75, 3.05) is 0 Å². The van der Waals surface area contributed by atoms with Gasteiger partial charge in [-0.15, -0.1) is 0 Å². The number of halogens is 1. The maximum Gasteiger partial charge on any atom is 0.251 e. The molecule has 0 atom stereocenters. The normalized spacial score (nSPS) is 10.2. The van der Waals surface area contributed by atoms with E-state index in [1.807, 2.05) is 30.3 Å². The monoisotopic (exact) mass is 229 g/mol. The van der Waals surface area contributed by atoms with Crippen molar-refractivity contribution in [3.8, 4) is 0 Å². The molecule has 0 radical (unpaired) electrons. The van der Waals surface area contributed by atoms with Gasteiger partial charge in [0.05, 0.1) is 5.56 Å². The van der Waals surface area contributed by atoms with Crippen molar-refractivity contribution in [1.82, 2.24) is 0 Å². The van der Waals surface area contributed by atoms with Gasteiger partial charge in [-0.1, -0.05) is 36.4 Å². The minimum atomic E-state index is -0.742. The highest BCUT2D eigenvalue weighted by atomic mass is 19.1. The summed E-state index contributed by atoms with van der Waals surface area (Å²) < 4.78 is 13.5. The van der Waals surface area contributed by atoms with E-state index in [0.29, 0.717) is 6.42 Å². The number of carbonyl (C=O) groups excluding carboxylic acids is 1. The molecule has 0 saturated heterocycles. The van der Waals surface area contributed by atoms with E-state index in [4.69, 9.17) is 5.73 Å². The highest BCUT2D eigenvalue weighted by molar-refractivity contribution is 5.93. The maximum absolute atomic E-state index is 13.5. The molecular weight excluding hydrogens is 217 g/mol. The molecule has 0 spiro atoms. The smallest absolute Gasteiger partial charge is 0.251 e. The van der Waals surface area contributed by atoms with Crippen LogP contribution in [0.4, 0.5) is 4.39 Å². The van der Waals surface area contributed by atoms with Crippen LogP contribution in [0, 0.1) is 5.82 Å². The van der Waals surface area contributed by atoms with Gasteiger partial charge in [0.1, 0.15) is 5.82 Å². The second kappa shape index (κ2) is 4.78. The van der Waals surface area contributed by atoms with E-state index in [2.05, 4.69) is 0 Å². The first kappa shape index (κ1) is 11.3. The zero-order valence-corrected chi connectivity index (χ0v) is 9.19. The first-order valence-corrected chi connectivity index (χ1v) is 5.29. The van der Waals surface area contributed by atoms with E-state index in [1.165, 1.54) is 12.1 Å². The Bertz CT molecular complexity index is 537. The van der Waals surface area contributed by atoms with Crippen LogP contribution in [0.25, 0.3) is 0 Å². The summed E-state index contributed by atoms with van der Waals surface area (Å²) in [5, 5.41) is 0. The number of primary amides is 1. The van der Waals surface area contributed by atoms with Crippen molar-refractivity contribution >= 4 is 5.91 Å². The lowest BCUT2D eigenvalue weighted by Crippen LogP contribution is -2.13. The summed E-state index contributed by atoms with van der Waals surface area (Å²) >= 11 is 0. The van der Waals surface area contributed by atoms with Crippen LogP contribution >= 0.6 is 0 Å². The second-order valence-electron chi connectivity index (χ2n) is 3.84. The molecule has 17 heavy (non-hydrogen) atoms. The van der Waals surface area contributed by atoms with Gasteiger partial charge >= 0.3 is 0 Å². The van der Waals surface area contributed by atoms with Gasteiger partial charge in [-0.25, -0.2) is 4.39 Å². The highest BCUT2D eigenvalue weighted by Crippen LogP contribution is 2.13. The lowest BCUT2D eigenvalue weighted by Gasteiger charge is -2.04. The summed E-state index contributed by atoms with van der Waals surface area (Å²) in [5.74, 6) is -1.31. The van der Waals surface area contributed by atoms with E-state index in [0.717, 1.165) is 11.1 Å². The molecule has 1 amide bonds. The quantitative estimate of drug-likeness (QED) is 0.863. The Morgan fingerprint density at radius 3 is 2.35 bits per heavy atom. The van der Waals surface area contributed by atoms with E-state index in [9.17, 15) is 9.18 Å². The number of nitrogens with two attached hydrogens (primary N) is 1. The summed E-state index contributed by atoms with van der Waals surface area (Å²) in [6, 6.07) is 14.2. The van der Waals surface area contributed by atoms with Gasteiger partial charge in [0, 0.05) is 0 Å². The third kappa shape index (κ3) is 2.69. The average Bonchev–Trinajstić information content (AvgIpc) is 2.30. The van der Waals surface area contributed by atoms with Crippen LogP contribution in [0.5, 0.6) is 0 Å². The molecule has 2 rings (SSSR count). The lowest BCUT2D eigenvalue weighted by molar-refractivity contribution is 0.0996. The van der Waals surface area contributed by atoms with Gasteiger partial charge in [-0.3, -0.25) is 4.79 Å². The lowest BCUT2D eigenvalue weighted by atomic mass is 10.0. The number of rotatable bonds is 3. The minimum absolute atomic E-state index is 0.0678. The van der Waals surface area contributed by atoms with E-state index in [-0.39, 0.29) is 5.56 Å². The zero-order chi connectivity index (χ0) is 12.3. The fourth-order valence-electron chi connectivity index (χ4n) is 1.70. The summed E-state index contributed by atoms with van der Waals surface area (Å²) in [6.07, 6.45) is 0.636. The largest absolute Gasteiger partial charge is 0.366 e. The van der Waals surface area contributed by atoms with Crippen molar-refractivity contribution in [2.24, 2.45) is 5.73 Å². The molecule has 2 aromatic rings. The predicted molar refractivity (Wildman–Crippen MR) is 64.2 cm³/mol. The predicted octanol–water partition coefficient (Wildman–Crippen LogP) is 2.52. The van der Waals surface area contributed by atoms with Crippen molar-refractivity contribution in [3.63, 3.8) is 0 Å². The topological polar surface area (TPSA) is 43.1 Å². The van der Waals surface area contributed by atoms with Gasteiger partial charge in [0.15, 0.2) is 0 Å². The molecule has 2 aromatic carbocycles. The Morgan fingerprint density at radius 1 is 1.06 bits per heavy atom. The SMILES string of the molecule is NC(=O)c1ccc(Cc2ccccc2)cc1F. The molecule has 0 fully saturated rings. The van der Waals surface area contributed by atoms with Crippen LogP contribution in [0.3, 0.4) is 0 Å². The van der Waals surface area contributed by atoms with Crippen molar-refractivity contribution < 1.29 is 9.18 Å². The summed E-state index contributed by atoms with van der Waals surface area (Å²) in [7, 11) is 0. The van der Waals surface area contributed by atoms with Gasteiger partial charge in [0.2, 0.25) is 0 Å². The minimum Gasteiger partial charge on any atom is -0.366 e. The molecule has 2 N–H and O–H groups in total. The van der Waals surface area contributed by atoms with Gasteiger partial charge in [-0.05, 0) is 29.7 Å². The average molecular weight is 229 g/mol. The van der Waals surface area contributed by atoms with E-state index < -0.39 is 11.7 Å². The zero-order valence-electron chi connectivity index (χ0n) is 9.19.